The third-order valence-electron chi connectivity index (χ3n) is 2.35. The van der Waals surface area contributed by atoms with E-state index in [0.717, 1.165) is 23.4 Å². The molecule has 1 atom stereocenters. The number of rotatable bonds is 3. The molecule has 0 N–H and O–H groups in total. The first kappa shape index (κ1) is 10.1. The first-order valence-electron chi connectivity index (χ1n) is 4.30. The minimum atomic E-state index is -0.265. The maximum atomic E-state index is 8.99. The lowest BCUT2D eigenvalue weighted by atomic mass is 9.85. The van der Waals surface area contributed by atoms with Gasteiger partial charge in [0.25, 0.3) is 0 Å². The molecular weight excluding hydrogens is 182 g/mol. The Balaban J connectivity index is 2.80. The van der Waals surface area contributed by atoms with Crippen molar-refractivity contribution in [1.29, 1.82) is 5.26 Å². The van der Waals surface area contributed by atoms with E-state index >= 15 is 0 Å². The third-order valence-corrected chi connectivity index (χ3v) is 3.17. The summed E-state index contributed by atoms with van der Waals surface area (Å²) in [6.07, 6.45) is 1.63. The largest absolute Gasteiger partial charge is 0.198 e. The van der Waals surface area contributed by atoms with Gasteiger partial charge >= 0.3 is 0 Å². The molecule has 1 aromatic heterocycles. The molecule has 4 heteroatoms. The molecule has 0 bridgehead atoms. The summed E-state index contributed by atoms with van der Waals surface area (Å²) in [5.41, 5.74) is 0.693. The van der Waals surface area contributed by atoms with Gasteiger partial charge in [-0.2, -0.15) is 5.26 Å². The predicted octanol–water partition coefficient (Wildman–Crippen LogP) is 2.33. The van der Waals surface area contributed by atoms with Gasteiger partial charge in [0, 0.05) is 6.42 Å². The van der Waals surface area contributed by atoms with Crippen LogP contribution in [0.2, 0.25) is 0 Å². The molecule has 0 fully saturated rings. The lowest BCUT2D eigenvalue weighted by Gasteiger charge is -2.17. The number of hydrogen-bond acceptors (Lipinski definition) is 4. The van der Waals surface area contributed by atoms with Gasteiger partial charge in [0.2, 0.25) is 0 Å². The van der Waals surface area contributed by atoms with E-state index in [-0.39, 0.29) is 5.41 Å². The van der Waals surface area contributed by atoms with Crippen molar-refractivity contribution in [3.63, 3.8) is 0 Å². The van der Waals surface area contributed by atoms with Crippen molar-refractivity contribution in [1.82, 2.24) is 9.59 Å². The number of hydrogen-bond donors (Lipinski definition) is 0. The molecule has 3 nitrogen and oxygen atoms in total. The number of nitrogens with zero attached hydrogens (tertiary/aromatic N) is 3. The summed E-state index contributed by atoms with van der Waals surface area (Å²) in [4.78, 5) is 1.13. The van der Waals surface area contributed by atoms with Gasteiger partial charge in [0.1, 0.15) is 0 Å². The van der Waals surface area contributed by atoms with E-state index in [1.54, 1.807) is 0 Å². The van der Waals surface area contributed by atoms with E-state index < -0.39 is 0 Å². The minimum absolute atomic E-state index is 0.265. The highest BCUT2D eigenvalue weighted by atomic mass is 32.1. The average molecular weight is 195 g/mol. The monoisotopic (exact) mass is 195 g/mol. The Hall–Kier alpha value is -0.950. The second-order valence-electron chi connectivity index (χ2n) is 3.48. The molecule has 70 valence electrons. The molecule has 0 amide bonds. The summed E-state index contributed by atoms with van der Waals surface area (Å²) in [5.74, 6) is 0. The van der Waals surface area contributed by atoms with Crippen LogP contribution in [-0.4, -0.2) is 9.59 Å². The normalized spacial score (nSPS) is 14.9. The molecule has 0 saturated carbocycles. The fraction of sp³-hybridized carbons (Fsp3) is 0.667. The molecular formula is C9H13N3S. The molecule has 1 rings (SSSR count). The van der Waals surface area contributed by atoms with Crippen LogP contribution in [0.4, 0.5) is 0 Å². The van der Waals surface area contributed by atoms with Crippen molar-refractivity contribution in [3.05, 3.63) is 10.6 Å². The zero-order chi connectivity index (χ0) is 9.90. The van der Waals surface area contributed by atoms with E-state index in [4.69, 9.17) is 5.26 Å². The van der Waals surface area contributed by atoms with Gasteiger partial charge in [-0.15, -0.1) is 5.10 Å². The molecule has 13 heavy (non-hydrogen) atoms. The smallest absolute Gasteiger partial charge is 0.0757 e. The first-order valence-corrected chi connectivity index (χ1v) is 5.08. The van der Waals surface area contributed by atoms with Gasteiger partial charge in [-0.25, -0.2) is 0 Å². The Morgan fingerprint density at radius 3 is 2.69 bits per heavy atom. The van der Waals surface area contributed by atoms with Gasteiger partial charge < -0.3 is 0 Å². The molecule has 1 unspecified atom stereocenters. The second kappa shape index (κ2) is 3.84. The van der Waals surface area contributed by atoms with E-state index in [1.807, 2.05) is 20.8 Å². The lowest BCUT2D eigenvalue weighted by molar-refractivity contribution is 0.425. The van der Waals surface area contributed by atoms with Crippen LogP contribution in [0.1, 0.15) is 30.8 Å². The predicted molar refractivity (Wildman–Crippen MR) is 52.4 cm³/mol. The van der Waals surface area contributed by atoms with Gasteiger partial charge in [0.15, 0.2) is 0 Å². The van der Waals surface area contributed by atoms with Crippen LogP contribution in [0.5, 0.6) is 0 Å². The third kappa shape index (κ3) is 2.25. The van der Waals surface area contributed by atoms with Crippen LogP contribution in [0, 0.1) is 23.7 Å². The summed E-state index contributed by atoms with van der Waals surface area (Å²) < 4.78 is 3.86. The van der Waals surface area contributed by atoms with Crippen molar-refractivity contribution < 1.29 is 0 Å². The van der Waals surface area contributed by atoms with Gasteiger partial charge in [0.05, 0.1) is 22.1 Å². The molecule has 0 spiro atoms. The topological polar surface area (TPSA) is 49.6 Å². The zero-order valence-electron chi connectivity index (χ0n) is 8.16. The molecule has 0 radical (unpaired) electrons. The van der Waals surface area contributed by atoms with Crippen molar-refractivity contribution >= 4 is 11.5 Å². The molecule has 0 aromatic carbocycles. The van der Waals surface area contributed by atoms with Crippen molar-refractivity contribution in [2.24, 2.45) is 5.41 Å². The van der Waals surface area contributed by atoms with Crippen LogP contribution < -0.4 is 0 Å². The lowest BCUT2D eigenvalue weighted by Crippen LogP contribution is -2.15. The van der Waals surface area contributed by atoms with Gasteiger partial charge in [-0.1, -0.05) is 11.4 Å². The summed E-state index contributed by atoms with van der Waals surface area (Å²) in [5, 5.41) is 12.9. The van der Waals surface area contributed by atoms with Crippen molar-refractivity contribution in [2.45, 2.75) is 33.6 Å². The SMILES string of the molecule is CCC(C)(C#N)Cc1snnc1C. The highest BCUT2D eigenvalue weighted by Gasteiger charge is 2.23. The van der Waals surface area contributed by atoms with Crippen LogP contribution in [0.15, 0.2) is 0 Å². The standard InChI is InChI=1S/C9H13N3S/c1-4-9(3,6-10)5-8-7(2)11-12-13-8/h4-5H2,1-3H3. The van der Waals surface area contributed by atoms with E-state index in [2.05, 4.69) is 15.7 Å². The molecule has 0 aliphatic carbocycles. The Kier molecular flexibility index (Phi) is 2.99. The highest BCUT2D eigenvalue weighted by molar-refractivity contribution is 7.05. The molecule has 0 saturated heterocycles. The van der Waals surface area contributed by atoms with Gasteiger partial charge in [-0.05, 0) is 31.8 Å². The summed E-state index contributed by atoms with van der Waals surface area (Å²) >= 11 is 1.39. The fourth-order valence-electron chi connectivity index (χ4n) is 1.01. The van der Waals surface area contributed by atoms with Crippen LogP contribution in [0.3, 0.4) is 0 Å². The number of nitriles is 1. The van der Waals surface area contributed by atoms with E-state index in [9.17, 15) is 0 Å². The molecule has 0 aliphatic rings. The quantitative estimate of drug-likeness (QED) is 0.743. The summed E-state index contributed by atoms with van der Waals surface area (Å²) in [6, 6.07) is 2.34. The zero-order valence-corrected chi connectivity index (χ0v) is 8.98. The second-order valence-corrected chi connectivity index (χ2v) is 4.32. The Morgan fingerprint density at radius 2 is 2.31 bits per heavy atom. The first-order chi connectivity index (χ1) is 6.11. The van der Waals surface area contributed by atoms with E-state index in [1.165, 1.54) is 11.5 Å². The molecule has 1 heterocycles. The summed E-state index contributed by atoms with van der Waals surface area (Å²) in [7, 11) is 0. The van der Waals surface area contributed by atoms with Crippen molar-refractivity contribution in [2.75, 3.05) is 0 Å². The van der Waals surface area contributed by atoms with Crippen molar-refractivity contribution in [3.8, 4) is 6.07 Å². The maximum Gasteiger partial charge on any atom is 0.0757 e. The van der Waals surface area contributed by atoms with Crippen LogP contribution >= 0.6 is 11.5 Å². The van der Waals surface area contributed by atoms with Crippen LogP contribution in [0.25, 0.3) is 0 Å². The maximum absolute atomic E-state index is 8.99. The van der Waals surface area contributed by atoms with Gasteiger partial charge in [-0.3, -0.25) is 0 Å². The average Bonchev–Trinajstić information content (AvgIpc) is 2.52. The molecule has 1 aromatic rings. The highest BCUT2D eigenvalue weighted by Crippen LogP contribution is 2.27. The Morgan fingerprint density at radius 1 is 1.62 bits per heavy atom. The fourth-order valence-corrected chi connectivity index (χ4v) is 1.83. The van der Waals surface area contributed by atoms with Crippen LogP contribution in [-0.2, 0) is 6.42 Å². The van der Waals surface area contributed by atoms with E-state index in [0.29, 0.717) is 0 Å². The summed E-state index contributed by atoms with van der Waals surface area (Å²) in [6.45, 7) is 5.95. The Labute approximate surface area is 82.6 Å². The Bertz CT molecular complexity index is 326. The minimum Gasteiger partial charge on any atom is -0.198 e. The number of aryl methyl sites for hydroxylation is 1. The molecule has 0 aliphatic heterocycles. The number of aromatic nitrogens is 2.